The van der Waals surface area contributed by atoms with E-state index in [2.05, 4.69) is 232 Å². The first-order valence-electron chi connectivity index (χ1n) is 21.2. The van der Waals surface area contributed by atoms with E-state index in [0.717, 1.165) is 83.3 Å². The molecule has 0 bridgehead atoms. The normalized spacial score (nSPS) is 11.9. The van der Waals surface area contributed by atoms with Crippen LogP contribution in [0, 0.1) is 0 Å². The highest BCUT2D eigenvalue weighted by Gasteiger charge is 2.20. The zero-order chi connectivity index (χ0) is 40.7. The molecule has 0 N–H and O–H groups in total. The minimum Gasteiger partial charge on any atom is -0.455 e. The van der Waals surface area contributed by atoms with E-state index >= 15 is 0 Å². The Bertz CT molecular complexity index is 3860. The quantitative estimate of drug-likeness (QED) is 0.168. The first-order valence-corrected chi connectivity index (χ1v) is 21.2. The van der Waals surface area contributed by atoms with Crippen LogP contribution in [0.5, 0.6) is 0 Å². The van der Waals surface area contributed by atoms with Crippen molar-refractivity contribution in [2.24, 2.45) is 0 Å². The summed E-state index contributed by atoms with van der Waals surface area (Å²) >= 11 is 0. The number of aromatic nitrogens is 2. The molecular weight excluding hydrogens is 755 g/mol. The van der Waals surface area contributed by atoms with Gasteiger partial charge < -0.3 is 18.5 Å². The molecule has 0 saturated carbocycles. The molecule has 0 aliphatic carbocycles. The van der Waals surface area contributed by atoms with E-state index in [4.69, 9.17) is 4.42 Å². The van der Waals surface area contributed by atoms with Crippen molar-refractivity contribution in [1.29, 1.82) is 0 Å². The van der Waals surface area contributed by atoms with Gasteiger partial charge in [-0.3, -0.25) is 0 Å². The van der Waals surface area contributed by atoms with E-state index in [9.17, 15) is 0 Å². The summed E-state index contributed by atoms with van der Waals surface area (Å²) in [6.07, 6.45) is 0. The third kappa shape index (κ3) is 5.27. The summed E-state index contributed by atoms with van der Waals surface area (Å²) in [5.41, 5.74) is 14.4. The summed E-state index contributed by atoms with van der Waals surface area (Å²) in [6.45, 7) is 0. The maximum absolute atomic E-state index is 6.55. The molecule has 0 fully saturated rings. The van der Waals surface area contributed by atoms with Crippen molar-refractivity contribution >= 4 is 93.4 Å². The summed E-state index contributed by atoms with van der Waals surface area (Å²) in [6, 6.07) is 81.0. The van der Waals surface area contributed by atoms with Crippen LogP contribution in [0.4, 0.5) is 17.1 Å². The van der Waals surface area contributed by atoms with E-state index in [0.29, 0.717) is 0 Å². The van der Waals surface area contributed by atoms with Crippen molar-refractivity contribution in [3.05, 3.63) is 224 Å². The summed E-state index contributed by atoms with van der Waals surface area (Å²) in [5, 5.41) is 9.43. The number of fused-ring (bicyclic) bond motifs is 11. The molecule has 0 aliphatic heterocycles. The molecule has 0 aliphatic rings. The van der Waals surface area contributed by atoms with E-state index in [1.54, 1.807) is 0 Å². The summed E-state index contributed by atoms with van der Waals surface area (Å²) in [5.74, 6) is 0. The van der Waals surface area contributed by atoms with Crippen molar-refractivity contribution in [2.45, 2.75) is 0 Å². The van der Waals surface area contributed by atoms with Crippen LogP contribution in [0.1, 0.15) is 0 Å². The van der Waals surface area contributed by atoms with Crippen molar-refractivity contribution in [1.82, 2.24) is 9.13 Å². The molecule has 62 heavy (non-hydrogen) atoms. The average Bonchev–Trinajstić information content (AvgIpc) is 3.99. The first kappa shape index (κ1) is 34.5. The Morgan fingerprint density at radius 2 is 0.887 bits per heavy atom. The summed E-state index contributed by atoms with van der Waals surface area (Å²) in [4.78, 5) is 2.38. The van der Waals surface area contributed by atoms with Crippen LogP contribution in [0.2, 0.25) is 0 Å². The second kappa shape index (κ2) is 13.6. The number of hydrogen-bond donors (Lipinski definition) is 0. The fraction of sp³-hybridized carbons (Fsp3) is 0. The maximum Gasteiger partial charge on any atom is 0.143 e. The van der Waals surface area contributed by atoms with Crippen LogP contribution in [-0.2, 0) is 0 Å². The SMILES string of the molecule is c1ccc(N(c2cccc(-c3ccc4c(c3)c3cc5ccc6c7ccccc7oc6c5cc3n4-c3ccccc3)c2)c2ccc3c4ccccc4n(-c4ccccc4)c3c2)cc1. The van der Waals surface area contributed by atoms with Gasteiger partial charge in [0.1, 0.15) is 11.2 Å². The van der Waals surface area contributed by atoms with E-state index in [1.165, 1.54) is 32.6 Å². The standard InChI is InChI=1S/C58H37N3O/c1-4-16-41(17-5-1)59(45-29-31-47-46-23-10-12-25-53(46)60(55(47)36-45)42-18-6-2-7-19-42)44-22-14-15-38(33-44)39-28-32-54-51(34-39)52-35-40-27-30-49-48-24-11-13-26-57(48)62-58(49)50(40)37-56(52)61(54)43-20-8-3-9-21-43/h1-37H. The van der Waals surface area contributed by atoms with Gasteiger partial charge in [-0.2, -0.15) is 0 Å². The molecule has 0 saturated heterocycles. The maximum atomic E-state index is 6.55. The van der Waals surface area contributed by atoms with Gasteiger partial charge in [0.15, 0.2) is 0 Å². The van der Waals surface area contributed by atoms with Gasteiger partial charge >= 0.3 is 0 Å². The van der Waals surface area contributed by atoms with Gasteiger partial charge in [0, 0.05) is 66.1 Å². The average molecular weight is 792 g/mol. The molecule has 3 heterocycles. The first-order chi connectivity index (χ1) is 30.7. The molecule has 13 aromatic rings. The van der Waals surface area contributed by atoms with Gasteiger partial charge in [0.25, 0.3) is 0 Å². The van der Waals surface area contributed by atoms with Crippen LogP contribution in [0.25, 0.3) is 98.8 Å². The fourth-order valence-corrected chi connectivity index (χ4v) is 9.86. The van der Waals surface area contributed by atoms with E-state index < -0.39 is 0 Å². The number of benzene rings is 10. The Morgan fingerprint density at radius 1 is 0.306 bits per heavy atom. The van der Waals surface area contributed by atoms with Gasteiger partial charge in [-0.1, -0.05) is 121 Å². The Hall–Kier alpha value is -8.34. The Labute approximate surface area is 357 Å². The lowest BCUT2D eigenvalue weighted by atomic mass is 10.00. The molecule has 0 atom stereocenters. The molecule has 10 aromatic carbocycles. The number of rotatable bonds is 6. The monoisotopic (exact) mass is 791 g/mol. The Balaban J connectivity index is 0.993. The van der Waals surface area contributed by atoms with Gasteiger partial charge in [0.05, 0.1) is 22.1 Å². The summed E-state index contributed by atoms with van der Waals surface area (Å²) in [7, 11) is 0. The van der Waals surface area contributed by atoms with Gasteiger partial charge in [-0.05, 0) is 120 Å². The highest BCUT2D eigenvalue weighted by Crippen LogP contribution is 2.43. The van der Waals surface area contributed by atoms with Gasteiger partial charge in [-0.25, -0.2) is 0 Å². The molecule has 13 rings (SSSR count). The van der Waals surface area contributed by atoms with E-state index in [-0.39, 0.29) is 0 Å². The molecule has 0 amide bonds. The molecule has 3 aromatic heterocycles. The molecule has 4 heteroatoms. The minimum atomic E-state index is 0.910. The van der Waals surface area contributed by atoms with Crippen LogP contribution >= 0.6 is 0 Å². The number of hydrogen-bond acceptors (Lipinski definition) is 2. The lowest BCUT2D eigenvalue weighted by Crippen LogP contribution is -2.10. The van der Waals surface area contributed by atoms with Crippen LogP contribution in [0.3, 0.4) is 0 Å². The molecule has 0 spiro atoms. The topological polar surface area (TPSA) is 26.2 Å². The molecule has 0 radical (unpaired) electrons. The third-order valence-corrected chi connectivity index (χ3v) is 12.6. The molecule has 290 valence electrons. The number of para-hydroxylation sites is 5. The smallest absolute Gasteiger partial charge is 0.143 e. The third-order valence-electron chi connectivity index (χ3n) is 12.6. The van der Waals surface area contributed by atoms with Crippen molar-refractivity contribution < 1.29 is 4.42 Å². The second-order valence-corrected chi connectivity index (χ2v) is 16.1. The predicted molar refractivity (Wildman–Crippen MR) is 260 cm³/mol. The van der Waals surface area contributed by atoms with Gasteiger partial charge in [-0.15, -0.1) is 0 Å². The second-order valence-electron chi connectivity index (χ2n) is 16.1. The Morgan fingerprint density at radius 3 is 1.68 bits per heavy atom. The van der Waals surface area contributed by atoms with Crippen molar-refractivity contribution in [2.75, 3.05) is 4.90 Å². The predicted octanol–water partition coefficient (Wildman–Crippen LogP) is 16.1. The molecule has 4 nitrogen and oxygen atoms in total. The van der Waals surface area contributed by atoms with Crippen LogP contribution in [0.15, 0.2) is 229 Å². The van der Waals surface area contributed by atoms with Gasteiger partial charge in [0.2, 0.25) is 0 Å². The highest BCUT2D eigenvalue weighted by molar-refractivity contribution is 6.21. The minimum absolute atomic E-state index is 0.910. The summed E-state index contributed by atoms with van der Waals surface area (Å²) < 4.78 is 11.3. The van der Waals surface area contributed by atoms with Crippen molar-refractivity contribution in [3.63, 3.8) is 0 Å². The van der Waals surface area contributed by atoms with Crippen molar-refractivity contribution in [3.8, 4) is 22.5 Å². The lowest BCUT2D eigenvalue weighted by molar-refractivity contribution is 0.672. The zero-order valence-electron chi connectivity index (χ0n) is 33.6. The van der Waals surface area contributed by atoms with Crippen LogP contribution in [-0.4, -0.2) is 9.13 Å². The molecule has 0 unspecified atom stereocenters. The highest BCUT2D eigenvalue weighted by atomic mass is 16.3. The fourth-order valence-electron chi connectivity index (χ4n) is 9.86. The van der Waals surface area contributed by atoms with Crippen LogP contribution < -0.4 is 4.90 Å². The van der Waals surface area contributed by atoms with E-state index in [1.807, 2.05) is 6.07 Å². The lowest BCUT2D eigenvalue weighted by Gasteiger charge is -2.26. The Kier molecular flexibility index (Phi) is 7.57. The number of furan rings is 1. The number of nitrogens with zero attached hydrogens (tertiary/aromatic N) is 3. The number of anilines is 3. The largest absolute Gasteiger partial charge is 0.455 e. The zero-order valence-corrected chi connectivity index (χ0v) is 33.6. The molecular formula is C58H37N3O.